The lowest BCUT2D eigenvalue weighted by Crippen LogP contribution is -2.38. The maximum atomic E-state index is 13.8. The summed E-state index contributed by atoms with van der Waals surface area (Å²) in [6.45, 7) is 4.67. The molecule has 1 heterocycles. The molecular weight excluding hydrogens is 494 g/mol. The van der Waals surface area contributed by atoms with Crippen molar-refractivity contribution in [2.24, 2.45) is 10.9 Å². The highest BCUT2D eigenvalue weighted by Crippen LogP contribution is 2.48. The Morgan fingerprint density at radius 2 is 1.81 bits per heavy atom. The van der Waals surface area contributed by atoms with Crippen molar-refractivity contribution in [3.05, 3.63) is 69.9 Å². The van der Waals surface area contributed by atoms with Crippen LogP contribution in [0.1, 0.15) is 49.7 Å². The molecule has 0 amide bonds. The second kappa shape index (κ2) is 11.9. The number of hydrogen-bond donors (Lipinski definition) is 0. The van der Waals surface area contributed by atoms with Crippen LogP contribution in [0.25, 0.3) is 0 Å². The number of benzene rings is 2. The van der Waals surface area contributed by atoms with Gasteiger partial charge in [0.15, 0.2) is 17.3 Å². The second-order valence-electron chi connectivity index (χ2n) is 9.10. The lowest BCUT2D eigenvalue weighted by atomic mass is 9.69. The minimum atomic E-state index is -0.748. The van der Waals surface area contributed by atoms with Crippen LogP contribution in [-0.2, 0) is 19.1 Å². The van der Waals surface area contributed by atoms with Gasteiger partial charge in [0.2, 0.25) is 0 Å². The summed E-state index contributed by atoms with van der Waals surface area (Å²) in [5, 5.41) is 0.496. The number of carbonyl (C=O) groups excluding carboxylic acids is 2. The predicted molar refractivity (Wildman–Crippen MR) is 142 cm³/mol. The number of allylic oxidation sites excluding steroid dienone is 2. The Morgan fingerprint density at radius 3 is 2.51 bits per heavy atom. The zero-order valence-electron chi connectivity index (χ0n) is 21.6. The lowest BCUT2D eigenvalue weighted by molar-refractivity contribution is -0.148. The molecule has 2 aliphatic rings. The Morgan fingerprint density at radius 1 is 1.05 bits per heavy atom. The number of halogens is 1. The Bertz CT molecular complexity index is 1240. The number of ether oxygens (including phenoxy) is 4. The van der Waals surface area contributed by atoms with Crippen molar-refractivity contribution in [3.63, 3.8) is 0 Å². The molecule has 37 heavy (non-hydrogen) atoms. The quantitative estimate of drug-likeness (QED) is 0.317. The Labute approximate surface area is 222 Å². The molecule has 0 saturated heterocycles. The molecule has 7 nitrogen and oxygen atoms in total. The zero-order valence-corrected chi connectivity index (χ0v) is 22.3. The van der Waals surface area contributed by atoms with Crippen LogP contribution < -0.4 is 9.47 Å². The highest BCUT2D eigenvalue weighted by atomic mass is 35.5. The fourth-order valence-corrected chi connectivity index (χ4v) is 5.46. The van der Waals surface area contributed by atoms with Crippen molar-refractivity contribution in [2.45, 2.75) is 38.5 Å². The molecule has 1 unspecified atom stereocenters. The van der Waals surface area contributed by atoms with E-state index in [1.165, 1.54) is 0 Å². The third kappa shape index (κ3) is 5.58. The molecule has 3 atom stereocenters. The maximum absolute atomic E-state index is 13.8. The first-order valence-electron chi connectivity index (χ1n) is 12.4. The molecule has 4 rings (SSSR count). The van der Waals surface area contributed by atoms with Crippen LogP contribution in [0.15, 0.2) is 58.7 Å². The van der Waals surface area contributed by atoms with Crippen molar-refractivity contribution in [2.75, 3.05) is 34.0 Å². The Kier molecular flexibility index (Phi) is 8.67. The molecule has 1 aliphatic heterocycles. The van der Waals surface area contributed by atoms with Crippen molar-refractivity contribution in [1.29, 1.82) is 0 Å². The van der Waals surface area contributed by atoms with Crippen molar-refractivity contribution in [3.8, 4) is 11.5 Å². The topological polar surface area (TPSA) is 83.4 Å². The average Bonchev–Trinajstić information content (AvgIpc) is 2.90. The van der Waals surface area contributed by atoms with Crippen LogP contribution in [-0.4, -0.2) is 51.5 Å². The molecule has 1 aliphatic carbocycles. The van der Waals surface area contributed by atoms with E-state index in [4.69, 9.17) is 35.5 Å². The van der Waals surface area contributed by atoms with Gasteiger partial charge in [0.25, 0.3) is 0 Å². The van der Waals surface area contributed by atoms with Gasteiger partial charge in [-0.25, -0.2) is 0 Å². The number of carbonyl (C=O) groups is 2. The lowest BCUT2D eigenvalue weighted by Gasteiger charge is -2.37. The normalized spacial score (nSPS) is 21.3. The standard InChI is InChI=1S/C29H32ClNO6/c1-5-36-12-13-37-29(33)26-17(2)31-22-14-19(18-10-11-24(34-3)25(16-18)35-4)15-23(32)28(22)27(26)20-8-6-7-9-21(20)30/h6-11,16,19,26-27H,5,12-15H2,1-4H3/t19-,26?,27-/m0/s1. The number of ketones is 1. The van der Waals surface area contributed by atoms with E-state index in [0.29, 0.717) is 53.1 Å². The molecule has 8 heteroatoms. The zero-order chi connectivity index (χ0) is 26.5. The summed E-state index contributed by atoms with van der Waals surface area (Å²) in [7, 11) is 3.18. The summed E-state index contributed by atoms with van der Waals surface area (Å²) in [4.78, 5) is 31.9. The number of hydrogen-bond acceptors (Lipinski definition) is 7. The number of aliphatic imine (C=N–C) groups is 1. The summed E-state index contributed by atoms with van der Waals surface area (Å²) in [5.74, 6) is -0.643. The van der Waals surface area contributed by atoms with E-state index in [9.17, 15) is 9.59 Å². The minimum absolute atomic E-state index is 0.0469. The van der Waals surface area contributed by atoms with Crippen LogP contribution in [0.4, 0.5) is 0 Å². The largest absolute Gasteiger partial charge is 0.493 e. The van der Waals surface area contributed by atoms with E-state index >= 15 is 0 Å². The van der Waals surface area contributed by atoms with Gasteiger partial charge in [-0.05, 0) is 55.5 Å². The Balaban J connectivity index is 1.72. The van der Waals surface area contributed by atoms with Gasteiger partial charge in [0.05, 0.1) is 20.8 Å². The third-order valence-electron chi connectivity index (χ3n) is 6.94. The molecule has 2 aromatic rings. The molecule has 0 bridgehead atoms. The molecular formula is C29H32ClNO6. The minimum Gasteiger partial charge on any atom is -0.493 e. The average molecular weight is 526 g/mol. The molecule has 0 radical (unpaired) electrons. The van der Waals surface area contributed by atoms with E-state index in [-0.39, 0.29) is 24.7 Å². The first-order valence-corrected chi connectivity index (χ1v) is 12.8. The highest BCUT2D eigenvalue weighted by molar-refractivity contribution is 6.31. The van der Waals surface area contributed by atoms with Crippen LogP contribution in [0.2, 0.25) is 5.02 Å². The number of rotatable bonds is 9. The molecule has 0 saturated carbocycles. The van der Waals surface area contributed by atoms with Gasteiger partial charge in [0.1, 0.15) is 12.5 Å². The first-order chi connectivity index (χ1) is 17.9. The molecule has 196 valence electrons. The molecule has 0 fully saturated rings. The molecule has 0 spiro atoms. The van der Waals surface area contributed by atoms with Crippen LogP contribution >= 0.6 is 11.6 Å². The summed E-state index contributed by atoms with van der Waals surface area (Å²) in [6.07, 6.45) is 0.844. The van der Waals surface area contributed by atoms with Crippen LogP contribution in [0.5, 0.6) is 11.5 Å². The van der Waals surface area contributed by atoms with Gasteiger partial charge in [-0.2, -0.15) is 0 Å². The van der Waals surface area contributed by atoms with Gasteiger partial charge < -0.3 is 18.9 Å². The van der Waals surface area contributed by atoms with Gasteiger partial charge in [0, 0.05) is 41.0 Å². The summed E-state index contributed by atoms with van der Waals surface area (Å²) in [6, 6.07) is 13.0. The van der Waals surface area contributed by atoms with Crippen molar-refractivity contribution in [1.82, 2.24) is 0 Å². The molecule has 0 aromatic heterocycles. The van der Waals surface area contributed by atoms with Gasteiger partial charge in [-0.15, -0.1) is 0 Å². The number of Topliss-reactive ketones (excluding diaryl/α,β-unsaturated/α-hetero) is 1. The van der Waals surface area contributed by atoms with Crippen LogP contribution in [0, 0.1) is 5.92 Å². The summed E-state index contributed by atoms with van der Waals surface area (Å²) >= 11 is 6.61. The van der Waals surface area contributed by atoms with Crippen molar-refractivity contribution < 1.29 is 28.5 Å². The maximum Gasteiger partial charge on any atom is 0.315 e. The number of nitrogens with zero attached hydrogens (tertiary/aromatic N) is 1. The Hall–Kier alpha value is -3.16. The van der Waals surface area contributed by atoms with Gasteiger partial charge in [-0.3, -0.25) is 14.6 Å². The predicted octanol–water partition coefficient (Wildman–Crippen LogP) is 5.51. The molecule has 2 aromatic carbocycles. The second-order valence-corrected chi connectivity index (χ2v) is 9.50. The molecule has 0 N–H and O–H groups in total. The van der Waals surface area contributed by atoms with Crippen molar-refractivity contribution >= 4 is 29.1 Å². The van der Waals surface area contributed by atoms with E-state index in [2.05, 4.69) is 0 Å². The summed E-state index contributed by atoms with van der Waals surface area (Å²) in [5.41, 5.74) is 3.53. The SMILES string of the molecule is CCOCCOC(=O)C1C(C)=NC2=C(C(=O)C[C@@H](c3ccc(OC)c(OC)c3)C2)[C@H]1c1ccccc1Cl. The van der Waals surface area contributed by atoms with Gasteiger partial charge in [-0.1, -0.05) is 35.9 Å². The van der Waals surface area contributed by atoms with Gasteiger partial charge >= 0.3 is 5.97 Å². The highest BCUT2D eigenvalue weighted by Gasteiger charge is 2.45. The van der Waals surface area contributed by atoms with E-state index in [0.717, 1.165) is 11.1 Å². The fraction of sp³-hybridized carbons (Fsp3) is 0.414. The van der Waals surface area contributed by atoms with E-state index in [1.807, 2.05) is 50.2 Å². The first kappa shape index (κ1) is 26.9. The number of esters is 1. The monoisotopic (exact) mass is 525 g/mol. The third-order valence-corrected chi connectivity index (χ3v) is 7.28. The fourth-order valence-electron chi connectivity index (χ4n) is 5.21. The van der Waals surface area contributed by atoms with Crippen LogP contribution in [0.3, 0.4) is 0 Å². The summed E-state index contributed by atoms with van der Waals surface area (Å²) < 4.78 is 21.7. The number of methoxy groups -OCH3 is 2. The smallest absolute Gasteiger partial charge is 0.315 e. The van der Waals surface area contributed by atoms with E-state index < -0.39 is 17.8 Å². The van der Waals surface area contributed by atoms with E-state index in [1.54, 1.807) is 20.3 Å².